The predicted molar refractivity (Wildman–Crippen MR) is 70.5 cm³/mol. The fraction of sp³-hybridized carbons (Fsp3) is 0.923. The van der Waals surface area contributed by atoms with Gasteiger partial charge in [-0.15, -0.1) is 0 Å². The minimum absolute atomic E-state index is 0.0255. The molecular weight excluding hydrogens is 232 g/mol. The van der Waals surface area contributed by atoms with E-state index in [1.165, 1.54) is 12.8 Å². The zero-order chi connectivity index (χ0) is 13.4. The van der Waals surface area contributed by atoms with E-state index >= 15 is 0 Å². The lowest BCUT2D eigenvalue weighted by Gasteiger charge is -2.31. The molecule has 1 saturated carbocycles. The van der Waals surface area contributed by atoms with Gasteiger partial charge in [0.1, 0.15) is 6.61 Å². The molecule has 0 saturated heterocycles. The third kappa shape index (κ3) is 5.33. The molecule has 1 rings (SSSR count). The molecule has 2 N–H and O–H groups in total. The van der Waals surface area contributed by atoms with Gasteiger partial charge in [0.25, 0.3) is 0 Å². The zero-order valence-corrected chi connectivity index (χ0v) is 11.7. The van der Waals surface area contributed by atoms with Crippen LogP contribution in [0.5, 0.6) is 0 Å². The van der Waals surface area contributed by atoms with Crippen LogP contribution in [0.4, 0.5) is 0 Å². The van der Waals surface area contributed by atoms with E-state index in [-0.39, 0.29) is 24.7 Å². The van der Waals surface area contributed by atoms with Crippen LogP contribution in [0.2, 0.25) is 0 Å². The molecule has 106 valence electrons. The molecule has 1 amide bonds. The Labute approximate surface area is 110 Å². The van der Waals surface area contributed by atoms with Crippen molar-refractivity contribution in [3.8, 4) is 0 Å². The number of carbonyl (C=O) groups is 1. The Kier molecular flexibility index (Phi) is 7.23. The van der Waals surface area contributed by atoms with Crippen molar-refractivity contribution >= 4 is 5.91 Å². The summed E-state index contributed by atoms with van der Waals surface area (Å²) in [5.41, 5.74) is 0. The van der Waals surface area contributed by atoms with Gasteiger partial charge in [0.2, 0.25) is 5.91 Å². The van der Waals surface area contributed by atoms with Crippen molar-refractivity contribution < 1.29 is 14.3 Å². The molecule has 3 atom stereocenters. The molecule has 0 bridgehead atoms. The molecule has 0 radical (unpaired) electrons. The minimum Gasteiger partial charge on any atom is -0.383 e. The average Bonchev–Trinajstić information content (AvgIpc) is 2.37. The summed E-state index contributed by atoms with van der Waals surface area (Å²) in [4.78, 5) is 11.7. The summed E-state index contributed by atoms with van der Waals surface area (Å²) in [7, 11) is 3.58. The van der Waals surface area contributed by atoms with Gasteiger partial charge in [0.15, 0.2) is 0 Å². The Hall–Kier alpha value is -0.650. The van der Waals surface area contributed by atoms with Gasteiger partial charge in [0.05, 0.1) is 12.7 Å². The SMILES string of the molecule is CNC1CCCCC1OCC(=O)NC(C)COC. The van der Waals surface area contributed by atoms with Crippen LogP contribution in [0.25, 0.3) is 0 Å². The summed E-state index contributed by atoms with van der Waals surface area (Å²) < 4.78 is 10.7. The molecule has 0 aliphatic heterocycles. The number of hydrogen-bond acceptors (Lipinski definition) is 4. The van der Waals surface area contributed by atoms with Crippen LogP contribution in [-0.4, -0.2) is 51.5 Å². The van der Waals surface area contributed by atoms with Crippen LogP contribution in [0.3, 0.4) is 0 Å². The molecule has 3 unspecified atom stereocenters. The molecule has 0 aromatic carbocycles. The number of nitrogens with one attached hydrogen (secondary N) is 2. The number of amides is 1. The first kappa shape index (κ1) is 15.4. The summed E-state index contributed by atoms with van der Waals surface area (Å²) in [5.74, 6) is -0.0695. The maximum atomic E-state index is 11.7. The lowest BCUT2D eigenvalue weighted by molar-refractivity contribution is -0.130. The minimum atomic E-state index is -0.0695. The first-order chi connectivity index (χ1) is 8.67. The molecule has 0 heterocycles. The molecule has 5 heteroatoms. The van der Waals surface area contributed by atoms with E-state index in [0.29, 0.717) is 12.6 Å². The second kappa shape index (κ2) is 8.45. The van der Waals surface area contributed by atoms with Gasteiger partial charge >= 0.3 is 0 Å². The van der Waals surface area contributed by atoms with Crippen LogP contribution in [-0.2, 0) is 14.3 Å². The number of likely N-dealkylation sites (N-methyl/N-ethyl adjacent to an activating group) is 1. The summed E-state index contributed by atoms with van der Waals surface area (Å²) in [5, 5.41) is 6.11. The fourth-order valence-electron chi connectivity index (χ4n) is 2.42. The van der Waals surface area contributed by atoms with Crippen molar-refractivity contribution in [2.24, 2.45) is 0 Å². The maximum absolute atomic E-state index is 11.7. The van der Waals surface area contributed by atoms with E-state index in [1.54, 1.807) is 7.11 Å². The topological polar surface area (TPSA) is 59.6 Å². The Balaban J connectivity index is 2.24. The van der Waals surface area contributed by atoms with Crippen molar-refractivity contribution in [2.75, 3.05) is 27.4 Å². The van der Waals surface area contributed by atoms with Crippen LogP contribution >= 0.6 is 0 Å². The van der Waals surface area contributed by atoms with Gasteiger partial charge in [-0.3, -0.25) is 4.79 Å². The van der Waals surface area contributed by atoms with Crippen molar-refractivity contribution in [3.63, 3.8) is 0 Å². The lowest BCUT2D eigenvalue weighted by atomic mass is 9.92. The van der Waals surface area contributed by atoms with E-state index < -0.39 is 0 Å². The number of methoxy groups -OCH3 is 1. The molecule has 1 aliphatic rings. The standard InChI is InChI=1S/C13H26N2O3/c1-10(8-17-3)15-13(16)9-18-12-7-5-4-6-11(12)14-2/h10-12,14H,4-9H2,1-3H3,(H,15,16). The Morgan fingerprint density at radius 3 is 2.78 bits per heavy atom. The summed E-state index contributed by atoms with van der Waals surface area (Å²) >= 11 is 0. The average molecular weight is 258 g/mol. The van der Waals surface area contributed by atoms with Gasteiger partial charge < -0.3 is 20.1 Å². The Morgan fingerprint density at radius 1 is 1.39 bits per heavy atom. The number of ether oxygens (including phenoxy) is 2. The molecule has 0 aromatic heterocycles. The second-order valence-corrected chi connectivity index (χ2v) is 4.95. The molecule has 0 aromatic rings. The first-order valence-electron chi connectivity index (χ1n) is 6.74. The highest BCUT2D eigenvalue weighted by Crippen LogP contribution is 2.20. The Bertz CT molecular complexity index is 248. The quantitative estimate of drug-likeness (QED) is 0.705. The van der Waals surface area contributed by atoms with Crippen molar-refractivity contribution in [1.29, 1.82) is 0 Å². The third-order valence-electron chi connectivity index (χ3n) is 3.33. The van der Waals surface area contributed by atoms with Gasteiger partial charge in [-0.05, 0) is 26.8 Å². The molecular formula is C13H26N2O3. The third-order valence-corrected chi connectivity index (χ3v) is 3.33. The van der Waals surface area contributed by atoms with E-state index in [1.807, 2.05) is 14.0 Å². The van der Waals surface area contributed by atoms with E-state index in [9.17, 15) is 4.79 Å². The zero-order valence-electron chi connectivity index (χ0n) is 11.7. The van der Waals surface area contributed by atoms with Gasteiger partial charge in [-0.2, -0.15) is 0 Å². The highest BCUT2D eigenvalue weighted by Gasteiger charge is 2.25. The fourth-order valence-corrected chi connectivity index (χ4v) is 2.42. The molecule has 1 aliphatic carbocycles. The largest absolute Gasteiger partial charge is 0.383 e. The summed E-state index contributed by atoms with van der Waals surface area (Å²) in [6, 6.07) is 0.403. The monoisotopic (exact) mass is 258 g/mol. The van der Waals surface area contributed by atoms with Crippen molar-refractivity contribution in [1.82, 2.24) is 10.6 Å². The smallest absolute Gasteiger partial charge is 0.246 e. The van der Waals surface area contributed by atoms with Crippen molar-refractivity contribution in [2.45, 2.75) is 50.8 Å². The van der Waals surface area contributed by atoms with Crippen LogP contribution in [0, 0.1) is 0 Å². The Morgan fingerprint density at radius 2 is 2.11 bits per heavy atom. The highest BCUT2D eigenvalue weighted by molar-refractivity contribution is 5.77. The molecule has 0 spiro atoms. The first-order valence-corrected chi connectivity index (χ1v) is 6.74. The molecule has 1 fully saturated rings. The summed E-state index contributed by atoms with van der Waals surface area (Å²) in [6.45, 7) is 2.57. The molecule has 5 nitrogen and oxygen atoms in total. The maximum Gasteiger partial charge on any atom is 0.246 e. The number of hydrogen-bond donors (Lipinski definition) is 2. The second-order valence-electron chi connectivity index (χ2n) is 4.95. The van der Waals surface area contributed by atoms with Gasteiger partial charge in [-0.1, -0.05) is 12.8 Å². The van der Waals surface area contributed by atoms with Gasteiger partial charge in [0, 0.05) is 19.2 Å². The predicted octanol–water partition coefficient (Wildman–Crippen LogP) is 0.685. The van der Waals surface area contributed by atoms with Crippen LogP contribution in [0.15, 0.2) is 0 Å². The highest BCUT2D eigenvalue weighted by atomic mass is 16.5. The number of rotatable bonds is 7. The summed E-state index contributed by atoms with van der Waals surface area (Å²) in [6.07, 6.45) is 4.75. The van der Waals surface area contributed by atoms with E-state index in [0.717, 1.165) is 12.8 Å². The van der Waals surface area contributed by atoms with E-state index in [2.05, 4.69) is 10.6 Å². The van der Waals surface area contributed by atoms with Crippen LogP contribution < -0.4 is 10.6 Å². The number of carbonyl (C=O) groups excluding carboxylic acids is 1. The van der Waals surface area contributed by atoms with E-state index in [4.69, 9.17) is 9.47 Å². The normalized spacial score (nSPS) is 25.7. The van der Waals surface area contributed by atoms with Crippen LogP contribution in [0.1, 0.15) is 32.6 Å². The van der Waals surface area contributed by atoms with Gasteiger partial charge in [-0.25, -0.2) is 0 Å². The lowest BCUT2D eigenvalue weighted by Crippen LogP contribution is -2.44. The molecule has 18 heavy (non-hydrogen) atoms. The van der Waals surface area contributed by atoms with Crippen molar-refractivity contribution in [3.05, 3.63) is 0 Å².